The predicted molar refractivity (Wildman–Crippen MR) is 128 cm³/mol. The topological polar surface area (TPSA) is 81.9 Å². The summed E-state index contributed by atoms with van der Waals surface area (Å²) in [5.74, 6) is 1.65. The molecule has 2 aromatic heterocycles. The summed E-state index contributed by atoms with van der Waals surface area (Å²) in [7, 11) is 0. The number of ether oxygens (including phenoxy) is 1. The van der Waals surface area contributed by atoms with Crippen molar-refractivity contribution in [2.45, 2.75) is 40.5 Å². The van der Waals surface area contributed by atoms with Crippen LogP contribution in [0.2, 0.25) is 0 Å². The molecule has 0 aliphatic rings. The van der Waals surface area contributed by atoms with Crippen LogP contribution in [0.5, 0.6) is 11.6 Å². The normalized spacial score (nSPS) is 10.8. The molecule has 1 N–H and O–H groups in total. The van der Waals surface area contributed by atoms with Gasteiger partial charge in [-0.15, -0.1) is 0 Å². The van der Waals surface area contributed by atoms with Crippen molar-refractivity contribution in [1.29, 1.82) is 0 Å². The fourth-order valence-corrected chi connectivity index (χ4v) is 3.52. The fourth-order valence-electron chi connectivity index (χ4n) is 3.52. The summed E-state index contributed by atoms with van der Waals surface area (Å²) in [6.45, 7) is 8.07. The van der Waals surface area contributed by atoms with E-state index >= 15 is 0 Å². The zero-order chi connectivity index (χ0) is 23.4. The van der Waals surface area contributed by atoms with Crippen molar-refractivity contribution in [3.63, 3.8) is 0 Å². The van der Waals surface area contributed by atoms with Crippen LogP contribution in [0, 0.1) is 27.7 Å². The maximum absolute atomic E-state index is 12.3. The molecule has 33 heavy (non-hydrogen) atoms. The van der Waals surface area contributed by atoms with Crippen LogP contribution in [-0.4, -0.2) is 25.7 Å². The summed E-state index contributed by atoms with van der Waals surface area (Å²) in [5.41, 5.74) is 6.20. The predicted octanol–water partition coefficient (Wildman–Crippen LogP) is 5.26. The van der Waals surface area contributed by atoms with E-state index in [2.05, 4.69) is 39.4 Å². The van der Waals surface area contributed by atoms with Gasteiger partial charge in [-0.2, -0.15) is 5.10 Å². The van der Waals surface area contributed by atoms with E-state index in [9.17, 15) is 4.79 Å². The van der Waals surface area contributed by atoms with Gasteiger partial charge in [0, 0.05) is 23.9 Å². The molecule has 0 unspecified atom stereocenters. The minimum Gasteiger partial charge on any atom is -0.439 e. The molecule has 7 heteroatoms. The van der Waals surface area contributed by atoms with E-state index in [1.807, 2.05) is 45.0 Å². The number of nitrogens with zero attached hydrogens (tertiary/aromatic N) is 4. The van der Waals surface area contributed by atoms with Crippen molar-refractivity contribution in [2.24, 2.45) is 0 Å². The molecule has 0 spiro atoms. The van der Waals surface area contributed by atoms with Gasteiger partial charge in [0.1, 0.15) is 12.1 Å². The van der Waals surface area contributed by atoms with Gasteiger partial charge in [0.2, 0.25) is 11.8 Å². The summed E-state index contributed by atoms with van der Waals surface area (Å²) in [6, 6.07) is 17.2. The zero-order valence-electron chi connectivity index (χ0n) is 19.3. The van der Waals surface area contributed by atoms with E-state index in [-0.39, 0.29) is 5.91 Å². The van der Waals surface area contributed by atoms with Crippen LogP contribution in [0.4, 0.5) is 5.69 Å². The van der Waals surface area contributed by atoms with E-state index in [4.69, 9.17) is 4.74 Å². The fraction of sp³-hybridized carbons (Fsp3) is 0.231. The summed E-state index contributed by atoms with van der Waals surface area (Å²) in [6.07, 6.45) is 2.59. The Kier molecular flexibility index (Phi) is 6.49. The molecule has 168 valence electrons. The molecule has 0 aliphatic carbocycles. The van der Waals surface area contributed by atoms with Gasteiger partial charge in [0.05, 0.1) is 5.69 Å². The molecule has 1 amide bonds. The molecular weight excluding hydrogens is 414 g/mol. The Hall–Kier alpha value is -4.00. The molecule has 0 radical (unpaired) electrons. The molecule has 0 saturated heterocycles. The maximum atomic E-state index is 12.3. The van der Waals surface area contributed by atoms with Crippen LogP contribution >= 0.6 is 0 Å². The number of hydrogen-bond acceptors (Lipinski definition) is 5. The summed E-state index contributed by atoms with van der Waals surface area (Å²) < 4.78 is 7.68. The molecule has 0 fully saturated rings. The number of carbonyl (C=O) groups excluding carboxylic acids is 1. The van der Waals surface area contributed by atoms with Gasteiger partial charge in [0.15, 0.2) is 5.82 Å². The standard InChI is InChI=1S/C26H27N5O2/c1-17-6-5-7-21(14-17)8-13-25(32)29-22-9-11-23(12-10-22)33-26-15-24(27-16-28-26)31-20(4)18(2)19(3)30-31/h5-7,9-12,14-16H,8,13H2,1-4H3,(H,29,32). The van der Waals surface area contributed by atoms with E-state index in [1.54, 1.807) is 22.9 Å². The van der Waals surface area contributed by atoms with Crippen LogP contribution < -0.4 is 10.1 Å². The van der Waals surface area contributed by atoms with Gasteiger partial charge in [0.25, 0.3) is 0 Å². The van der Waals surface area contributed by atoms with Crippen molar-refractivity contribution in [3.05, 3.63) is 89.0 Å². The molecule has 0 atom stereocenters. The molecule has 2 heterocycles. The zero-order valence-corrected chi connectivity index (χ0v) is 19.3. The molecule has 0 bridgehead atoms. The summed E-state index contributed by atoms with van der Waals surface area (Å²) in [5, 5.41) is 7.47. The lowest BCUT2D eigenvalue weighted by atomic mass is 10.1. The molecule has 2 aromatic carbocycles. The Morgan fingerprint density at radius 1 is 1.00 bits per heavy atom. The van der Waals surface area contributed by atoms with Crippen LogP contribution in [0.3, 0.4) is 0 Å². The highest BCUT2D eigenvalue weighted by Gasteiger charge is 2.11. The molecular formula is C26H27N5O2. The van der Waals surface area contributed by atoms with Crippen LogP contribution in [0.1, 0.15) is 34.5 Å². The first-order valence-electron chi connectivity index (χ1n) is 10.9. The number of rotatable bonds is 7. The molecule has 0 saturated carbocycles. The number of carbonyl (C=O) groups is 1. The monoisotopic (exact) mass is 441 g/mol. The van der Waals surface area contributed by atoms with Gasteiger partial charge in [-0.3, -0.25) is 4.79 Å². The summed E-state index contributed by atoms with van der Waals surface area (Å²) in [4.78, 5) is 20.8. The average molecular weight is 442 g/mol. The SMILES string of the molecule is Cc1cccc(CCC(=O)Nc2ccc(Oc3cc(-n4nc(C)c(C)c4C)ncn3)cc2)c1. The van der Waals surface area contributed by atoms with Crippen LogP contribution in [0.25, 0.3) is 5.82 Å². The van der Waals surface area contributed by atoms with Gasteiger partial charge < -0.3 is 10.1 Å². The van der Waals surface area contributed by atoms with E-state index in [1.165, 1.54) is 11.9 Å². The highest BCUT2D eigenvalue weighted by molar-refractivity contribution is 5.90. The van der Waals surface area contributed by atoms with Crippen molar-refractivity contribution >= 4 is 11.6 Å². The number of amides is 1. The lowest BCUT2D eigenvalue weighted by Crippen LogP contribution is -2.12. The third-order valence-electron chi connectivity index (χ3n) is 5.58. The lowest BCUT2D eigenvalue weighted by Gasteiger charge is -2.09. The molecule has 4 rings (SSSR count). The number of aromatic nitrogens is 4. The minimum absolute atomic E-state index is 0.0224. The van der Waals surface area contributed by atoms with Crippen molar-refractivity contribution in [1.82, 2.24) is 19.7 Å². The molecule has 4 aromatic rings. The largest absolute Gasteiger partial charge is 0.439 e. The molecule has 0 aliphatic heterocycles. The number of nitrogens with one attached hydrogen (secondary N) is 1. The lowest BCUT2D eigenvalue weighted by molar-refractivity contribution is -0.116. The Morgan fingerprint density at radius 2 is 1.79 bits per heavy atom. The first-order chi connectivity index (χ1) is 15.9. The Bertz CT molecular complexity index is 1280. The summed E-state index contributed by atoms with van der Waals surface area (Å²) >= 11 is 0. The van der Waals surface area contributed by atoms with Gasteiger partial charge in [-0.05, 0) is 69.5 Å². The smallest absolute Gasteiger partial charge is 0.224 e. The third kappa shape index (κ3) is 5.44. The van der Waals surface area contributed by atoms with Crippen molar-refractivity contribution in [3.8, 4) is 17.4 Å². The van der Waals surface area contributed by atoms with Crippen LogP contribution in [0.15, 0.2) is 60.9 Å². The Morgan fingerprint density at radius 3 is 2.48 bits per heavy atom. The highest BCUT2D eigenvalue weighted by Crippen LogP contribution is 2.23. The number of anilines is 1. The second kappa shape index (κ2) is 9.65. The quantitative estimate of drug-likeness (QED) is 0.423. The van der Waals surface area contributed by atoms with Crippen LogP contribution in [-0.2, 0) is 11.2 Å². The second-order valence-corrected chi connectivity index (χ2v) is 8.09. The number of benzene rings is 2. The maximum Gasteiger partial charge on any atom is 0.224 e. The number of aryl methyl sites for hydroxylation is 3. The van der Waals surface area contributed by atoms with Gasteiger partial charge in [-0.1, -0.05) is 29.8 Å². The number of hydrogen-bond donors (Lipinski definition) is 1. The van der Waals surface area contributed by atoms with E-state index < -0.39 is 0 Å². The Balaban J connectivity index is 1.37. The average Bonchev–Trinajstić information content (AvgIpc) is 3.07. The third-order valence-corrected chi connectivity index (χ3v) is 5.58. The van der Waals surface area contributed by atoms with Gasteiger partial charge in [-0.25, -0.2) is 14.6 Å². The van der Waals surface area contributed by atoms with Crippen molar-refractivity contribution < 1.29 is 9.53 Å². The first-order valence-corrected chi connectivity index (χ1v) is 10.9. The van der Waals surface area contributed by atoms with Crippen molar-refractivity contribution in [2.75, 3.05) is 5.32 Å². The van der Waals surface area contributed by atoms with E-state index in [0.717, 1.165) is 28.2 Å². The minimum atomic E-state index is -0.0224. The first kappa shape index (κ1) is 22.2. The molecule has 7 nitrogen and oxygen atoms in total. The highest BCUT2D eigenvalue weighted by atomic mass is 16.5. The Labute approximate surface area is 193 Å². The van der Waals surface area contributed by atoms with Gasteiger partial charge >= 0.3 is 0 Å². The second-order valence-electron chi connectivity index (χ2n) is 8.09. The van der Waals surface area contributed by atoms with E-state index in [0.29, 0.717) is 30.3 Å².